The van der Waals surface area contributed by atoms with Crippen molar-refractivity contribution in [2.24, 2.45) is 0 Å². The summed E-state index contributed by atoms with van der Waals surface area (Å²) in [6, 6.07) is 11.4. The highest BCUT2D eigenvalue weighted by molar-refractivity contribution is 5.84. The van der Waals surface area contributed by atoms with Gasteiger partial charge in [-0.25, -0.2) is 0 Å². The van der Waals surface area contributed by atoms with Gasteiger partial charge in [0.15, 0.2) is 11.8 Å². The maximum absolute atomic E-state index is 9.89. The van der Waals surface area contributed by atoms with Crippen molar-refractivity contribution in [3.05, 3.63) is 42.1 Å². The van der Waals surface area contributed by atoms with Gasteiger partial charge >= 0.3 is 0 Å². The fraction of sp³-hybridized carbons (Fsp3) is 0.278. The lowest BCUT2D eigenvalue weighted by Gasteiger charge is -2.15. The number of rotatable bonds is 4. The topological polar surface area (TPSA) is 110 Å². The number of aromatic amines is 1. The highest BCUT2D eigenvalue weighted by Gasteiger charge is 2.28. The van der Waals surface area contributed by atoms with Gasteiger partial charge in [0.05, 0.1) is 18.7 Å². The number of hydrogen-bond donors (Lipinski definition) is 3. The van der Waals surface area contributed by atoms with Crippen LogP contribution in [0.1, 0.15) is 5.69 Å². The van der Waals surface area contributed by atoms with Gasteiger partial charge in [0, 0.05) is 22.8 Å². The van der Waals surface area contributed by atoms with Crippen molar-refractivity contribution in [1.29, 1.82) is 0 Å². The molecule has 4 heterocycles. The average molecular weight is 366 g/mol. The minimum absolute atomic E-state index is 0.278. The van der Waals surface area contributed by atoms with E-state index in [1.54, 1.807) is 10.6 Å². The van der Waals surface area contributed by atoms with E-state index in [2.05, 4.69) is 25.6 Å². The number of H-pyrrole nitrogens is 1. The van der Waals surface area contributed by atoms with Gasteiger partial charge in [-0.1, -0.05) is 6.07 Å². The van der Waals surface area contributed by atoms with E-state index in [0.717, 1.165) is 22.3 Å². The van der Waals surface area contributed by atoms with Crippen LogP contribution in [-0.4, -0.2) is 55.3 Å². The zero-order valence-electron chi connectivity index (χ0n) is 14.6. The number of anilines is 2. The molecular formula is C18H18N6O3. The number of aliphatic hydroxyl groups excluding tert-OH is 1. The Balaban J connectivity index is 1.44. The first kappa shape index (κ1) is 16.0. The molecule has 1 fully saturated rings. The molecular weight excluding hydrogens is 348 g/mol. The Morgan fingerprint density at radius 2 is 2.22 bits per heavy atom. The number of nitrogens with zero attached hydrogens (tertiary/aromatic N) is 4. The van der Waals surface area contributed by atoms with Gasteiger partial charge in [0.25, 0.3) is 0 Å². The first-order chi connectivity index (χ1) is 13.2. The van der Waals surface area contributed by atoms with Crippen LogP contribution < -0.4 is 10.1 Å². The predicted molar refractivity (Wildman–Crippen MR) is 98.3 cm³/mol. The quantitative estimate of drug-likeness (QED) is 0.505. The fourth-order valence-corrected chi connectivity index (χ4v) is 3.17. The summed E-state index contributed by atoms with van der Waals surface area (Å²) in [6.45, 7) is 2.61. The monoisotopic (exact) mass is 366 g/mol. The van der Waals surface area contributed by atoms with Gasteiger partial charge in [-0.2, -0.15) is 14.6 Å². The molecule has 0 radical (unpaired) electrons. The van der Waals surface area contributed by atoms with Crippen molar-refractivity contribution in [2.45, 2.75) is 19.1 Å². The average Bonchev–Trinajstić information content (AvgIpc) is 3.35. The number of nitrogens with one attached hydrogen (secondary N) is 2. The van der Waals surface area contributed by atoms with Gasteiger partial charge in [-0.3, -0.25) is 5.10 Å². The van der Waals surface area contributed by atoms with E-state index in [1.165, 1.54) is 0 Å². The van der Waals surface area contributed by atoms with Crippen molar-refractivity contribution in [3.8, 4) is 5.88 Å². The van der Waals surface area contributed by atoms with Crippen LogP contribution in [0.2, 0.25) is 0 Å². The van der Waals surface area contributed by atoms with Crippen LogP contribution in [0.15, 0.2) is 36.4 Å². The molecule has 0 amide bonds. The fourth-order valence-electron chi connectivity index (χ4n) is 3.17. The van der Waals surface area contributed by atoms with Crippen LogP contribution in [0.5, 0.6) is 5.88 Å². The van der Waals surface area contributed by atoms with E-state index in [4.69, 9.17) is 9.47 Å². The van der Waals surface area contributed by atoms with Crippen molar-refractivity contribution < 1.29 is 14.6 Å². The Hall–Kier alpha value is -3.17. The second-order valence-corrected chi connectivity index (χ2v) is 6.54. The molecule has 1 aliphatic heterocycles. The second-order valence-electron chi connectivity index (χ2n) is 6.54. The molecule has 1 aliphatic rings. The summed E-state index contributed by atoms with van der Waals surface area (Å²) < 4.78 is 12.7. The number of ether oxygens (including phenoxy) is 2. The Kier molecular flexibility index (Phi) is 3.69. The van der Waals surface area contributed by atoms with Crippen LogP contribution in [0.4, 0.5) is 11.6 Å². The molecule has 0 bridgehead atoms. The summed E-state index contributed by atoms with van der Waals surface area (Å²) in [7, 11) is 0. The molecule has 1 aromatic carbocycles. The van der Waals surface area contributed by atoms with E-state index in [9.17, 15) is 5.11 Å². The SMILES string of the molecule is Cc1[nH]nc2cc(Nc3nc4cccc(OC5COCC5O)n4n3)ccc12. The second kappa shape index (κ2) is 6.22. The summed E-state index contributed by atoms with van der Waals surface area (Å²) in [4.78, 5) is 4.49. The molecule has 2 atom stereocenters. The predicted octanol–water partition coefficient (Wildman–Crippen LogP) is 1.80. The lowest BCUT2D eigenvalue weighted by Crippen LogP contribution is -2.30. The molecule has 0 aliphatic carbocycles. The molecule has 9 heteroatoms. The van der Waals surface area contributed by atoms with E-state index in [0.29, 0.717) is 24.1 Å². The minimum atomic E-state index is -0.648. The van der Waals surface area contributed by atoms with Crippen LogP contribution in [0.25, 0.3) is 16.6 Å². The minimum Gasteiger partial charge on any atom is -0.469 e. The van der Waals surface area contributed by atoms with Gasteiger partial charge in [0.1, 0.15) is 6.10 Å². The molecule has 5 rings (SSSR count). The molecule has 9 nitrogen and oxygen atoms in total. The molecule has 0 spiro atoms. The third-order valence-corrected chi connectivity index (χ3v) is 4.60. The Bertz CT molecular complexity index is 1120. The Morgan fingerprint density at radius 1 is 1.30 bits per heavy atom. The smallest absolute Gasteiger partial charge is 0.247 e. The summed E-state index contributed by atoms with van der Waals surface area (Å²) in [5.41, 5.74) is 3.38. The molecule has 3 N–H and O–H groups in total. The van der Waals surface area contributed by atoms with Gasteiger partial charge < -0.3 is 19.9 Å². The molecule has 0 saturated carbocycles. The number of benzene rings is 1. The normalized spacial score (nSPS) is 19.8. The maximum Gasteiger partial charge on any atom is 0.247 e. The van der Waals surface area contributed by atoms with Crippen LogP contribution in [-0.2, 0) is 4.74 Å². The van der Waals surface area contributed by atoms with Gasteiger partial charge in [0.2, 0.25) is 11.8 Å². The maximum atomic E-state index is 9.89. The third-order valence-electron chi connectivity index (χ3n) is 4.60. The first-order valence-electron chi connectivity index (χ1n) is 8.67. The first-order valence-corrected chi connectivity index (χ1v) is 8.67. The molecule has 4 aromatic rings. The number of hydrogen-bond acceptors (Lipinski definition) is 7. The van der Waals surface area contributed by atoms with Crippen LogP contribution in [0, 0.1) is 6.92 Å². The van der Waals surface area contributed by atoms with Gasteiger partial charge in [-0.15, -0.1) is 5.10 Å². The molecule has 1 saturated heterocycles. The third kappa shape index (κ3) is 2.86. The van der Waals surface area contributed by atoms with Crippen LogP contribution in [0.3, 0.4) is 0 Å². The van der Waals surface area contributed by atoms with Gasteiger partial charge in [-0.05, 0) is 31.2 Å². The van der Waals surface area contributed by atoms with Crippen LogP contribution >= 0.6 is 0 Å². The standard InChI is InChI=1S/C18H18N6O3/c1-10-12-6-5-11(7-13(12)22-21-10)19-18-20-16-3-2-4-17(24(16)23-18)27-15-9-26-8-14(15)25/h2-7,14-15,25H,8-9H2,1H3,(H,19,23)(H,21,22). The zero-order chi connectivity index (χ0) is 18.4. The summed E-state index contributed by atoms with van der Waals surface area (Å²) in [5, 5.41) is 25.9. The van der Waals surface area contributed by atoms with E-state index < -0.39 is 12.2 Å². The number of aryl methyl sites for hydroxylation is 1. The molecule has 138 valence electrons. The Labute approximate surface area is 153 Å². The molecule has 27 heavy (non-hydrogen) atoms. The lowest BCUT2D eigenvalue weighted by molar-refractivity contribution is 0.0688. The Morgan fingerprint density at radius 3 is 3.07 bits per heavy atom. The number of aromatic nitrogens is 5. The molecule has 3 aromatic heterocycles. The lowest BCUT2D eigenvalue weighted by atomic mass is 10.2. The highest BCUT2D eigenvalue weighted by Crippen LogP contribution is 2.23. The summed E-state index contributed by atoms with van der Waals surface area (Å²) in [6.07, 6.45) is -1.06. The number of pyridine rings is 1. The van der Waals surface area contributed by atoms with Crippen molar-refractivity contribution in [1.82, 2.24) is 24.8 Å². The number of fused-ring (bicyclic) bond motifs is 2. The largest absolute Gasteiger partial charge is 0.469 e. The summed E-state index contributed by atoms with van der Waals surface area (Å²) in [5.74, 6) is 0.946. The highest BCUT2D eigenvalue weighted by atomic mass is 16.6. The summed E-state index contributed by atoms with van der Waals surface area (Å²) >= 11 is 0. The van der Waals surface area contributed by atoms with E-state index in [1.807, 2.05) is 37.3 Å². The van der Waals surface area contributed by atoms with Crippen molar-refractivity contribution in [2.75, 3.05) is 18.5 Å². The number of aliphatic hydroxyl groups is 1. The molecule has 2 unspecified atom stereocenters. The van der Waals surface area contributed by atoms with Crippen molar-refractivity contribution >= 4 is 28.2 Å². The van der Waals surface area contributed by atoms with E-state index in [-0.39, 0.29) is 6.61 Å². The van der Waals surface area contributed by atoms with Crippen molar-refractivity contribution in [3.63, 3.8) is 0 Å². The zero-order valence-corrected chi connectivity index (χ0v) is 14.6. The van der Waals surface area contributed by atoms with E-state index >= 15 is 0 Å².